The van der Waals surface area contributed by atoms with E-state index in [0.29, 0.717) is 19.4 Å². The van der Waals surface area contributed by atoms with Gasteiger partial charge in [-0.05, 0) is 70.9 Å². The first kappa shape index (κ1) is 46.9. The molecule has 0 rings (SSSR count). The van der Waals surface area contributed by atoms with Crippen LogP contribution in [0.25, 0.3) is 0 Å². The fraction of sp³-hybridized carbons (Fsp3) is 0.952. The van der Waals surface area contributed by atoms with Crippen LogP contribution in [0.3, 0.4) is 0 Å². The van der Waals surface area contributed by atoms with Gasteiger partial charge in [-0.25, -0.2) is 0 Å². The number of nitrogens with zero attached hydrogens (tertiary/aromatic N) is 1. The van der Waals surface area contributed by atoms with Crippen LogP contribution < -0.4 is 0 Å². The zero-order valence-electron chi connectivity index (χ0n) is 32.6. The Morgan fingerprint density at radius 1 is 0.479 bits per heavy atom. The summed E-state index contributed by atoms with van der Waals surface area (Å²) < 4.78 is 11.3. The molecule has 0 aromatic heterocycles. The first-order valence-electron chi connectivity index (χ1n) is 21.3. The molecular formula is C42H83NO5. The first-order valence-corrected chi connectivity index (χ1v) is 21.3. The molecule has 0 spiro atoms. The maximum absolute atomic E-state index is 12.7. The van der Waals surface area contributed by atoms with Gasteiger partial charge in [0.15, 0.2) is 0 Å². The fourth-order valence-corrected chi connectivity index (χ4v) is 6.52. The third-order valence-electron chi connectivity index (χ3n) is 9.70. The van der Waals surface area contributed by atoms with Crippen molar-refractivity contribution in [1.82, 2.24) is 4.90 Å². The molecule has 0 aliphatic rings. The Kier molecular flexibility index (Phi) is 37.7. The Morgan fingerprint density at radius 2 is 0.875 bits per heavy atom. The van der Waals surface area contributed by atoms with Crippen molar-refractivity contribution in [2.24, 2.45) is 0 Å². The van der Waals surface area contributed by atoms with E-state index in [-0.39, 0.29) is 24.6 Å². The molecule has 0 aromatic carbocycles. The second-order valence-electron chi connectivity index (χ2n) is 14.5. The predicted octanol–water partition coefficient (Wildman–Crippen LogP) is 11.9. The van der Waals surface area contributed by atoms with E-state index >= 15 is 0 Å². The van der Waals surface area contributed by atoms with Gasteiger partial charge in [0.25, 0.3) is 0 Å². The van der Waals surface area contributed by atoms with Crippen LogP contribution in [-0.2, 0) is 19.1 Å². The minimum Gasteiger partial charge on any atom is -0.466 e. The van der Waals surface area contributed by atoms with Crippen molar-refractivity contribution in [3.63, 3.8) is 0 Å². The molecule has 286 valence electrons. The highest BCUT2D eigenvalue weighted by Gasteiger charge is 2.15. The average Bonchev–Trinajstić information content (AvgIpc) is 3.08. The zero-order chi connectivity index (χ0) is 35.2. The fourth-order valence-electron chi connectivity index (χ4n) is 6.52. The number of ether oxygens (including phenoxy) is 2. The number of aliphatic hydroxyl groups is 1. The van der Waals surface area contributed by atoms with Crippen LogP contribution in [0.5, 0.6) is 0 Å². The molecule has 0 amide bonds. The summed E-state index contributed by atoms with van der Waals surface area (Å²) in [6.07, 6.45) is 35.9. The minimum absolute atomic E-state index is 0.0106. The number of unbranched alkanes of at least 4 members (excludes halogenated alkanes) is 22. The van der Waals surface area contributed by atoms with E-state index in [9.17, 15) is 14.7 Å². The Hall–Kier alpha value is -1.14. The third-order valence-corrected chi connectivity index (χ3v) is 9.70. The van der Waals surface area contributed by atoms with E-state index in [1.807, 2.05) is 0 Å². The summed E-state index contributed by atoms with van der Waals surface area (Å²) in [6, 6.07) is 0. The van der Waals surface area contributed by atoms with Gasteiger partial charge in [0, 0.05) is 19.4 Å². The molecule has 0 atom stereocenters. The van der Waals surface area contributed by atoms with Crippen molar-refractivity contribution >= 4 is 11.9 Å². The molecule has 0 saturated heterocycles. The molecule has 0 unspecified atom stereocenters. The summed E-state index contributed by atoms with van der Waals surface area (Å²) in [7, 11) is 0. The minimum atomic E-state index is -0.0234. The first-order chi connectivity index (χ1) is 23.6. The van der Waals surface area contributed by atoms with Gasteiger partial charge < -0.3 is 19.5 Å². The number of hydrogen-bond acceptors (Lipinski definition) is 6. The van der Waals surface area contributed by atoms with Crippen molar-refractivity contribution in [3.05, 3.63) is 0 Å². The van der Waals surface area contributed by atoms with Crippen molar-refractivity contribution < 1.29 is 24.2 Å². The molecular weight excluding hydrogens is 598 g/mol. The molecule has 0 aliphatic carbocycles. The number of rotatable bonds is 39. The van der Waals surface area contributed by atoms with Gasteiger partial charge in [0.2, 0.25) is 0 Å². The van der Waals surface area contributed by atoms with Crippen LogP contribution in [0.2, 0.25) is 0 Å². The predicted molar refractivity (Wildman–Crippen MR) is 205 cm³/mol. The van der Waals surface area contributed by atoms with Gasteiger partial charge in [0.05, 0.1) is 13.2 Å². The molecule has 0 aromatic rings. The number of aliphatic hydroxyl groups excluding tert-OH is 1. The maximum Gasteiger partial charge on any atom is 0.306 e. The molecule has 6 nitrogen and oxygen atoms in total. The lowest BCUT2D eigenvalue weighted by Crippen LogP contribution is -2.29. The summed E-state index contributed by atoms with van der Waals surface area (Å²) >= 11 is 0. The number of esters is 2. The number of carbonyl (C=O) groups is 2. The molecule has 0 fully saturated rings. The Labute approximate surface area is 299 Å². The molecule has 0 bridgehead atoms. The smallest absolute Gasteiger partial charge is 0.306 e. The standard InChI is InChI=1S/C42H83NO5/c1-4-7-10-12-20-24-31-40(32-25-21-13-11-8-5-2)48-42(46)34-27-29-36-43(37-38-44)35-28-23-19-17-15-14-16-18-22-26-33-41(45)47-39-30-9-6-3/h40,44H,4-39H2,1-3H3. The van der Waals surface area contributed by atoms with Crippen molar-refractivity contribution in [3.8, 4) is 0 Å². The highest BCUT2D eigenvalue weighted by molar-refractivity contribution is 5.69. The van der Waals surface area contributed by atoms with Gasteiger partial charge >= 0.3 is 11.9 Å². The monoisotopic (exact) mass is 682 g/mol. The zero-order valence-corrected chi connectivity index (χ0v) is 32.6. The normalized spacial score (nSPS) is 11.5. The van der Waals surface area contributed by atoms with Crippen LogP contribution >= 0.6 is 0 Å². The van der Waals surface area contributed by atoms with Crippen LogP contribution in [0, 0.1) is 0 Å². The molecule has 0 heterocycles. The second kappa shape index (κ2) is 38.7. The van der Waals surface area contributed by atoms with Crippen LogP contribution in [-0.4, -0.2) is 60.9 Å². The van der Waals surface area contributed by atoms with E-state index in [1.54, 1.807) is 0 Å². The van der Waals surface area contributed by atoms with Gasteiger partial charge in [-0.1, -0.05) is 149 Å². The molecule has 0 radical (unpaired) electrons. The molecule has 6 heteroatoms. The summed E-state index contributed by atoms with van der Waals surface area (Å²) in [5.41, 5.74) is 0. The lowest BCUT2D eigenvalue weighted by Gasteiger charge is -2.21. The summed E-state index contributed by atoms with van der Waals surface area (Å²) in [6.45, 7) is 10.2. The summed E-state index contributed by atoms with van der Waals surface area (Å²) in [5, 5.41) is 9.56. The van der Waals surface area contributed by atoms with Crippen molar-refractivity contribution in [2.45, 2.75) is 226 Å². The van der Waals surface area contributed by atoms with E-state index in [1.165, 1.54) is 128 Å². The van der Waals surface area contributed by atoms with Crippen LogP contribution in [0.15, 0.2) is 0 Å². The van der Waals surface area contributed by atoms with E-state index < -0.39 is 0 Å². The van der Waals surface area contributed by atoms with Gasteiger partial charge in [-0.2, -0.15) is 0 Å². The Bertz CT molecular complexity index is 656. The molecule has 1 N–H and O–H groups in total. The quantitative estimate of drug-likeness (QED) is 0.0514. The van der Waals surface area contributed by atoms with Crippen molar-refractivity contribution in [1.29, 1.82) is 0 Å². The molecule has 48 heavy (non-hydrogen) atoms. The van der Waals surface area contributed by atoms with Gasteiger partial charge in [-0.15, -0.1) is 0 Å². The topological polar surface area (TPSA) is 76.1 Å². The second-order valence-corrected chi connectivity index (χ2v) is 14.5. The lowest BCUT2D eigenvalue weighted by molar-refractivity contribution is -0.150. The van der Waals surface area contributed by atoms with Gasteiger partial charge in [0.1, 0.15) is 6.10 Å². The van der Waals surface area contributed by atoms with Crippen LogP contribution in [0.1, 0.15) is 220 Å². The SMILES string of the molecule is CCCCCCCCC(CCCCCCCC)OC(=O)CCCCN(CCO)CCCCCCCCCCCCC(=O)OCCCCC. The highest BCUT2D eigenvalue weighted by atomic mass is 16.5. The summed E-state index contributed by atoms with van der Waals surface area (Å²) in [4.78, 5) is 26.8. The van der Waals surface area contributed by atoms with Crippen LogP contribution in [0.4, 0.5) is 0 Å². The van der Waals surface area contributed by atoms with Gasteiger partial charge in [-0.3, -0.25) is 9.59 Å². The summed E-state index contributed by atoms with van der Waals surface area (Å²) in [5.74, 6) is -0.0340. The Morgan fingerprint density at radius 3 is 1.40 bits per heavy atom. The van der Waals surface area contributed by atoms with E-state index in [0.717, 1.165) is 77.4 Å². The molecule has 0 aliphatic heterocycles. The van der Waals surface area contributed by atoms with E-state index in [4.69, 9.17) is 9.47 Å². The average molecular weight is 682 g/mol. The molecule has 0 saturated carbocycles. The highest BCUT2D eigenvalue weighted by Crippen LogP contribution is 2.18. The Balaban J connectivity index is 3.98. The lowest BCUT2D eigenvalue weighted by atomic mass is 10.0. The largest absolute Gasteiger partial charge is 0.466 e. The third kappa shape index (κ3) is 34.7. The van der Waals surface area contributed by atoms with E-state index in [2.05, 4.69) is 25.7 Å². The number of carbonyl (C=O) groups excluding carboxylic acids is 2. The number of hydrogen-bond donors (Lipinski definition) is 1. The maximum atomic E-state index is 12.7. The van der Waals surface area contributed by atoms with Crippen molar-refractivity contribution in [2.75, 3.05) is 32.8 Å².